The van der Waals surface area contributed by atoms with Crippen LogP contribution in [0.3, 0.4) is 0 Å². The number of anilines is 1. The van der Waals surface area contributed by atoms with Crippen molar-refractivity contribution < 1.29 is 14.7 Å². The number of para-hydroxylation sites is 1. The summed E-state index contributed by atoms with van der Waals surface area (Å²) in [7, 11) is 1.53. The number of benzene rings is 2. The number of likely N-dealkylation sites (N-methyl/N-ethyl adjacent to an activating group) is 1. The summed E-state index contributed by atoms with van der Waals surface area (Å²) in [5, 5.41) is 15.1. The van der Waals surface area contributed by atoms with Gasteiger partial charge >= 0.3 is 5.97 Å². The van der Waals surface area contributed by atoms with Crippen LogP contribution in [0.25, 0.3) is 5.70 Å². The Kier molecular flexibility index (Phi) is 5.74. The number of carboxylic acids is 1. The highest BCUT2D eigenvalue weighted by atomic mass is 16.4. The number of carbonyl (C=O) groups excluding carboxylic acids is 1. The van der Waals surface area contributed by atoms with Gasteiger partial charge in [-0.15, -0.1) is 0 Å². The minimum atomic E-state index is -1.03. The lowest BCUT2D eigenvalue weighted by Gasteiger charge is -2.17. The van der Waals surface area contributed by atoms with E-state index in [-0.39, 0.29) is 11.5 Å². The first-order valence-corrected chi connectivity index (χ1v) is 7.73. The Morgan fingerprint density at radius 3 is 2.36 bits per heavy atom. The standard InChI is InChI=1S/C20H20N2O3/c1-4-16(19(23)21-3)18(22-15-8-6-5-7-9-15)17-12-14(20(24)25)11-10-13(17)2/h4-12,22H,1H2,2-3H3,(H,21,23)(H,24,25)/b18-16-. The maximum Gasteiger partial charge on any atom is 0.335 e. The van der Waals surface area contributed by atoms with Crippen molar-refractivity contribution in [1.82, 2.24) is 5.32 Å². The number of carboxylic acid groups (broad SMARTS) is 1. The van der Waals surface area contributed by atoms with Crippen molar-refractivity contribution in [2.45, 2.75) is 6.92 Å². The van der Waals surface area contributed by atoms with Crippen molar-refractivity contribution in [2.24, 2.45) is 0 Å². The number of carbonyl (C=O) groups is 2. The smallest absolute Gasteiger partial charge is 0.335 e. The van der Waals surface area contributed by atoms with Crippen LogP contribution in [0.5, 0.6) is 0 Å². The molecule has 0 radical (unpaired) electrons. The molecule has 128 valence electrons. The summed E-state index contributed by atoms with van der Waals surface area (Å²) in [6, 6.07) is 14.2. The molecule has 0 atom stereocenters. The van der Waals surface area contributed by atoms with Crippen molar-refractivity contribution in [3.05, 3.63) is 83.4 Å². The second kappa shape index (κ2) is 7.97. The number of nitrogens with one attached hydrogen (secondary N) is 2. The van der Waals surface area contributed by atoms with Gasteiger partial charge in [0.2, 0.25) is 0 Å². The van der Waals surface area contributed by atoms with Gasteiger partial charge in [0, 0.05) is 18.3 Å². The first-order valence-electron chi connectivity index (χ1n) is 7.73. The van der Waals surface area contributed by atoms with Crippen LogP contribution in [0, 0.1) is 6.92 Å². The van der Waals surface area contributed by atoms with Crippen molar-refractivity contribution >= 4 is 23.3 Å². The van der Waals surface area contributed by atoms with Crippen LogP contribution in [-0.2, 0) is 4.79 Å². The van der Waals surface area contributed by atoms with E-state index >= 15 is 0 Å². The average Bonchev–Trinajstić information content (AvgIpc) is 2.62. The predicted molar refractivity (Wildman–Crippen MR) is 99.4 cm³/mol. The Labute approximate surface area is 146 Å². The van der Waals surface area contributed by atoms with Crippen LogP contribution in [-0.4, -0.2) is 24.0 Å². The van der Waals surface area contributed by atoms with Crippen LogP contribution in [0.15, 0.2) is 66.8 Å². The number of aryl methyl sites for hydroxylation is 1. The van der Waals surface area contributed by atoms with Gasteiger partial charge in [-0.05, 0) is 36.8 Å². The molecule has 0 unspecified atom stereocenters. The molecule has 3 N–H and O–H groups in total. The van der Waals surface area contributed by atoms with E-state index in [4.69, 9.17) is 0 Å². The summed E-state index contributed by atoms with van der Waals surface area (Å²) < 4.78 is 0. The predicted octanol–water partition coefficient (Wildman–Crippen LogP) is 3.45. The average molecular weight is 336 g/mol. The monoisotopic (exact) mass is 336 g/mol. The van der Waals surface area contributed by atoms with Crippen LogP contribution < -0.4 is 10.6 Å². The Morgan fingerprint density at radius 1 is 1.12 bits per heavy atom. The lowest BCUT2D eigenvalue weighted by molar-refractivity contribution is -0.116. The fourth-order valence-electron chi connectivity index (χ4n) is 2.41. The summed E-state index contributed by atoms with van der Waals surface area (Å²) >= 11 is 0. The Bertz CT molecular complexity index is 839. The maximum atomic E-state index is 12.3. The van der Waals surface area contributed by atoms with Gasteiger partial charge in [0.25, 0.3) is 5.91 Å². The minimum Gasteiger partial charge on any atom is -0.478 e. The highest BCUT2D eigenvalue weighted by molar-refractivity contribution is 6.06. The summed E-state index contributed by atoms with van der Waals surface area (Å²) in [5.41, 5.74) is 3.22. The molecule has 25 heavy (non-hydrogen) atoms. The van der Waals surface area contributed by atoms with E-state index < -0.39 is 5.97 Å². The first-order chi connectivity index (χ1) is 12.0. The Morgan fingerprint density at radius 2 is 1.80 bits per heavy atom. The Hall–Kier alpha value is -3.34. The molecule has 0 spiro atoms. The van der Waals surface area contributed by atoms with Gasteiger partial charge in [0.05, 0.1) is 16.8 Å². The zero-order chi connectivity index (χ0) is 18.4. The second-order valence-corrected chi connectivity index (χ2v) is 5.40. The summed E-state index contributed by atoms with van der Waals surface area (Å²) in [6.45, 7) is 5.59. The van der Waals surface area contributed by atoms with E-state index in [0.717, 1.165) is 11.3 Å². The van der Waals surface area contributed by atoms with Crippen LogP contribution in [0.2, 0.25) is 0 Å². The summed E-state index contributed by atoms with van der Waals surface area (Å²) in [5.74, 6) is -1.34. The summed E-state index contributed by atoms with van der Waals surface area (Å²) in [4.78, 5) is 23.6. The molecule has 0 saturated carbocycles. The fourth-order valence-corrected chi connectivity index (χ4v) is 2.41. The topological polar surface area (TPSA) is 78.4 Å². The van der Waals surface area contributed by atoms with E-state index in [1.807, 2.05) is 37.3 Å². The van der Waals surface area contributed by atoms with Crippen LogP contribution >= 0.6 is 0 Å². The lowest BCUT2D eigenvalue weighted by Crippen LogP contribution is -2.22. The molecule has 2 rings (SSSR count). The summed E-state index contributed by atoms with van der Waals surface area (Å²) in [6.07, 6.45) is 1.46. The number of rotatable bonds is 6. The molecule has 5 nitrogen and oxygen atoms in total. The van der Waals surface area contributed by atoms with Gasteiger partial charge < -0.3 is 15.7 Å². The maximum absolute atomic E-state index is 12.3. The normalized spacial score (nSPS) is 11.3. The third kappa shape index (κ3) is 4.14. The minimum absolute atomic E-state index is 0.147. The number of amides is 1. The van der Waals surface area contributed by atoms with Crippen LogP contribution in [0.1, 0.15) is 21.5 Å². The zero-order valence-electron chi connectivity index (χ0n) is 14.2. The first kappa shape index (κ1) is 18.0. The van der Waals surface area contributed by atoms with Crippen molar-refractivity contribution in [1.29, 1.82) is 0 Å². The number of hydrogen-bond donors (Lipinski definition) is 3. The van der Waals surface area contributed by atoms with Crippen molar-refractivity contribution in [3.8, 4) is 0 Å². The SMILES string of the molecule is C=C/C(C(=O)NC)=C(/Nc1ccccc1)c1cc(C(=O)O)ccc1C. The molecule has 2 aromatic carbocycles. The van der Waals surface area contributed by atoms with Crippen molar-refractivity contribution in [3.63, 3.8) is 0 Å². The third-order valence-corrected chi connectivity index (χ3v) is 3.74. The molecule has 0 saturated heterocycles. The van der Waals surface area contributed by atoms with Gasteiger partial charge in [-0.3, -0.25) is 4.79 Å². The highest BCUT2D eigenvalue weighted by Crippen LogP contribution is 2.26. The van der Waals surface area contributed by atoms with E-state index in [0.29, 0.717) is 16.8 Å². The van der Waals surface area contributed by atoms with E-state index in [1.165, 1.54) is 19.2 Å². The molecular weight excluding hydrogens is 316 g/mol. The third-order valence-electron chi connectivity index (χ3n) is 3.74. The molecule has 0 heterocycles. The van der Waals surface area contributed by atoms with E-state index in [1.54, 1.807) is 12.1 Å². The zero-order valence-corrected chi connectivity index (χ0v) is 14.2. The molecule has 1 amide bonds. The molecule has 0 fully saturated rings. The Balaban J connectivity index is 2.69. The van der Waals surface area contributed by atoms with Gasteiger partial charge in [-0.2, -0.15) is 0 Å². The van der Waals surface area contributed by atoms with E-state index in [2.05, 4.69) is 17.2 Å². The molecule has 0 aliphatic heterocycles. The van der Waals surface area contributed by atoms with Gasteiger partial charge in [-0.25, -0.2) is 4.79 Å². The van der Waals surface area contributed by atoms with Crippen LogP contribution in [0.4, 0.5) is 5.69 Å². The molecule has 2 aromatic rings. The lowest BCUT2D eigenvalue weighted by atomic mass is 9.98. The molecular formula is C20H20N2O3. The molecule has 0 bridgehead atoms. The number of aromatic carboxylic acids is 1. The highest BCUT2D eigenvalue weighted by Gasteiger charge is 2.17. The molecule has 5 heteroatoms. The molecule has 0 aliphatic carbocycles. The second-order valence-electron chi connectivity index (χ2n) is 5.40. The fraction of sp³-hybridized carbons (Fsp3) is 0.100. The van der Waals surface area contributed by atoms with Gasteiger partial charge in [-0.1, -0.05) is 36.9 Å². The quantitative estimate of drug-likeness (QED) is 0.558. The molecule has 0 aromatic heterocycles. The molecule has 0 aliphatic rings. The van der Waals surface area contributed by atoms with E-state index in [9.17, 15) is 14.7 Å². The largest absolute Gasteiger partial charge is 0.478 e. The van der Waals surface area contributed by atoms with Gasteiger partial charge in [0.1, 0.15) is 0 Å². The van der Waals surface area contributed by atoms with Gasteiger partial charge in [0.15, 0.2) is 0 Å². The van der Waals surface area contributed by atoms with Crippen molar-refractivity contribution in [2.75, 3.05) is 12.4 Å². The number of hydrogen-bond acceptors (Lipinski definition) is 3.